The molecule has 22 heavy (non-hydrogen) atoms. The number of aliphatic carboxylic acids is 1. The lowest BCUT2D eigenvalue weighted by molar-refractivity contribution is -0.134. The van der Waals surface area contributed by atoms with Crippen LogP contribution in [0, 0.1) is 11.8 Å². The SMILES string of the molecule is CC(=O)O.CC(CO)C[C@H](O)[C@H](O)[C@@H](N)CC1CCCCC1. The molecule has 1 aliphatic rings. The third-order valence-corrected chi connectivity index (χ3v) is 4.12. The van der Waals surface area contributed by atoms with Crippen molar-refractivity contribution in [3.05, 3.63) is 0 Å². The Labute approximate surface area is 133 Å². The van der Waals surface area contributed by atoms with Crippen molar-refractivity contribution in [1.82, 2.24) is 0 Å². The number of carboxylic acids is 1. The molecule has 1 aliphatic carbocycles. The molecule has 4 atom stereocenters. The lowest BCUT2D eigenvalue weighted by atomic mass is 9.83. The van der Waals surface area contributed by atoms with Gasteiger partial charge in [-0.1, -0.05) is 39.0 Å². The molecule has 1 rings (SSSR count). The van der Waals surface area contributed by atoms with Crippen molar-refractivity contribution in [2.75, 3.05) is 6.61 Å². The van der Waals surface area contributed by atoms with Crippen LogP contribution in [0.4, 0.5) is 0 Å². The van der Waals surface area contributed by atoms with Gasteiger partial charge in [-0.15, -0.1) is 0 Å². The Morgan fingerprint density at radius 2 is 1.73 bits per heavy atom. The van der Waals surface area contributed by atoms with Crippen molar-refractivity contribution in [3.63, 3.8) is 0 Å². The summed E-state index contributed by atoms with van der Waals surface area (Å²) in [6, 6.07) is -0.353. The van der Waals surface area contributed by atoms with Gasteiger partial charge in [-0.05, 0) is 24.7 Å². The first-order chi connectivity index (χ1) is 10.3. The maximum absolute atomic E-state index is 10.0. The molecule has 0 heterocycles. The van der Waals surface area contributed by atoms with Crippen LogP contribution in [0.25, 0.3) is 0 Å². The van der Waals surface area contributed by atoms with E-state index in [9.17, 15) is 10.2 Å². The summed E-state index contributed by atoms with van der Waals surface area (Å²) in [5.41, 5.74) is 5.99. The van der Waals surface area contributed by atoms with E-state index in [2.05, 4.69) is 0 Å². The van der Waals surface area contributed by atoms with Crippen molar-refractivity contribution in [1.29, 1.82) is 0 Å². The first-order valence-electron chi connectivity index (χ1n) is 8.20. The highest BCUT2D eigenvalue weighted by molar-refractivity contribution is 5.62. The minimum atomic E-state index is -0.874. The minimum Gasteiger partial charge on any atom is -0.481 e. The molecule has 0 bridgehead atoms. The summed E-state index contributed by atoms with van der Waals surface area (Å²) in [7, 11) is 0. The van der Waals surface area contributed by atoms with Gasteiger partial charge in [0.25, 0.3) is 5.97 Å². The maximum atomic E-state index is 10.0. The van der Waals surface area contributed by atoms with E-state index in [-0.39, 0.29) is 18.6 Å². The molecular weight excluding hydrogens is 286 g/mol. The topological polar surface area (TPSA) is 124 Å². The van der Waals surface area contributed by atoms with Gasteiger partial charge in [0.15, 0.2) is 0 Å². The third kappa shape index (κ3) is 10.1. The van der Waals surface area contributed by atoms with Crippen molar-refractivity contribution in [2.45, 2.75) is 77.0 Å². The first-order valence-corrected chi connectivity index (χ1v) is 8.20. The molecule has 0 spiro atoms. The molecule has 0 amide bonds. The molecule has 132 valence electrons. The molecule has 0 aromatic rings. The highest BCUT2D eigenvalue weighted by Gasteiger charge is 2.27. The fourth-order valence-electron chi connectivity index (χ4n) is 2.86. The quantitative estimate of drug-likeness (QED) is 0.479. The average Bonchev–Trinajstić information content (AvgIpc) is 2.46. The summed E-state index contributed by atoms with van der Waals surface area (Å²) in [4.78, 5) is 9.00. The molecule has 6 heteroatoms. The van der Waals surface area contributed by atoms with Crippen LogP contribution >= 0.6 is 0 Å². The predicted molar refractivity (Wildman–Crippen MR) is 85.4 cm³/mol. The second kappa shape index (κ2) is 11.8. The molecule has 0 aliphatic heterocycles. The van der Waals surface area contributed by atoms with Crippen LogP contribution in [0.2, 0.25) is 0 Å². The van der Waals surface area contributed by atoms with Gasteiger partial charge in [-0.3, -0.25) is 4.79 Å². The Kier molecular flexibility index (Phi) is 11.5. The van der Waals surface area contributed by atoms with Gasteiger partial charge in [0.1, 0.15) is 0 Å². The standard InChI is InChI=1S/C14H29NO3.C2H4O2/c1-10(9-16)7-13(17)14(18)12(15)8-11-5-3-2-4-6-11;1-2(3)4/h10-14,16-18H,2-9,15H2,1H3;1H3,(H,3,4)/t10?,12-,13-,14+;/m0./s1. The Hall–Kier alpha value is -0.690. The van der Waals surface area contributed by atoms with Crippen molar-refractivity contribution < 1.29 is 25.2 Å². The summed E-state index contributed by atoms with van der Waals surface area (Å²) in [5, 5.41) is 36.2. The fourth-order valence-corrected chi connectivity index (χ4v) is 2.86. The van der Waals surface area contributed by atoms with E-state index >= 15 is 0 Å². The van der Waals surface area contributed by atoms with Crippen LogP contribution in [-0.2, 0) is 4.79 Å². The zero-order valence-electron chi connectivity index (χ0n) is 13.8. The van der Waals surface area contributed by atoms with E-state index in [0.29, 0.717) is 12.3 Å². The molecule has 1 saturated carbocycles. The van der Waals surface area contributed by atoms with E-state index in [1.165, 1.54) is 32.1 Å². The van der Waals surface area contributed by atoms with E-state index in [1.807, 2.05) is 6.92 Å². The molecule has 6 N–H and O–H groups in total. The number of carbonyl (C=O) groups is 1. The summed E-state index contributed by atoms with van der Waals surface area (Å²) >= 11 is 0. The smallest absolute Gasteiger partial charge is 0.300 e. The normalized spacial score (nSPS) is 21.2. The highest BCUT2D eigenvalue weighted by atomic mass is 16.4. The number of aliphatic hydroxyl groups is 3. The van der Waals surface area contributed by atoms with Crippen molar-refractivity contribution in [2.24, 2.45) is 17.6 Å². The van der Waals surface area contributed by atoms with E-state index < -0.39 is 18.2 Å². The molecule has 1 fully saturated rings. The molecule has 0 aromatic carbocycles. The van der Waals surface area contributed by atoms with Crippen LogP contribution in [0.15, 0.2) is 0 Å². The van der Waals surface area contributed by atoms with Crippen LogP contribution in [0.3, 0.4) is 0 Å². The van der Waals surface area contributed by atoms with Gasteiger partial charge in [-0.2, -0.15) is 0 Å². The van der Waals surface area contributed by atoms with Gasteiger partial charge in [0.2, 0.25) is 0 Å². The molecule has 0 saturated heterocycles. The number of rotatable bonds is 7. The van der Waals surface area contributed by atoms with Gasteiger partial charge < -0.3 is 26.2 Å². The fraction of sp³-hybridized carbons (Fsp3) is 0.938. The van der Waals surface area contributed by atoms with E-state index in [0.717, 1.165) is 13.3 Å². The monoisotopic (exact) mass is 319 g/mol. The van der Waals surface area contributed by atoms with Crippen molar-refractivity contribution >= 4 is 5.97 Å². The zero-order valence-corrected chi connectivity index (χ0v) is 13.8. The number of aliphatic hydroxyl groups excluding tert-OH is 3. The zero-order chi connectivity index (χ0) is 17.1. The Morgan fingerprint density at radius 1 is 1.23 bits per heavy atom. The summed E-state index contributed by atoms with van der Waals surface area (Å²) < 4.78 is 0. The number of hydrogen-bond acceptors (Lipinski definition) is 5. The average molecular weight is 319 g/mol. The second-order valence-corrected chi connectivity index (χ2v) is 6.50. The predicted octanol–water partition coefficient (Wildman–Crippen LogP) is 1.12. The number of carboxylic acid groups (broad SMARTS) is 1. The summed E-state index contributed by atoms with van der Waals surface area (Å²) in [5.74, 6) is -0.234. The second-order valence-electron chi connectivity index (χ2n) is 6.50. The van der Waals surface area contributed by atoms with E-state index in [1.54, 1.807) is 0 Å². The van der Waals surface area contributed by atoms with Crippen LogP contribution in [0.5, 0.6) is 0 Å². The Morgan fingerprint density at radius 3 is 2.18 bits per heavy atom. The molecular formula is C16H33NO5. The molecule has 1 unspecified atom stereocenters. The Bertz CT molecular complexity index is 290. The highest BCUT2D eigenvalue weighted by Crippen LogP contribution is 2.28. The molecule has 0 aromatic heterocycles. The van der Waals surface area contributed by atoms with Gasteiger partial charge in [0.05, 0.1) is 12.2 Å². The first kappa shape index (κ1) is 21.3. The lowest BCUT2D eigenvalue weighted by Gasteiger charge is -2.29. The maximum Gasteiger partial charge on any atom is 0.300 e. The van der Waals surface area contributed by atoms with Gasteiger partial charge in [-0.25, -0.2) is 0 Å². The third-order valence-electron chi connectivity index (χ3n) is 4.12. The summed E-state index contributed by atoms with van der Waals surface area (Å²) in [6.45, 7) is 2.96. The minimum absolute atomic E-state index is 0.00321. The lowest BCUT2D eigenvalue weighted by Crippen LogP contribution is -2.45. The largest absolute Gasteiger partial charge is 0.481 e. The molecule has 0 radical (unpaired) electrons. The van der Waals surface area contributed by atoms with Gasteiger partial charge >= 0.3 is 0 Å². The number of hydrogen-bond donors (Lipinski definition) is 5. The molecule has 6 nitrogen and oxygen atoms in total. The van der Waals surface area contributed by atoms with E-state index in [4.69, 9.17) is 20.7 Å². The summed E-state index contributed by atoms with van der Waals surface area (Å²) in [6.07, 6.45) is 5.72. The van der Waals surface area contributed by atoms with Crippen LogP contribution in [0.1, 0.15) is 58.8 Å². The number of nitrogens with two attached hydrogens (primary N) is 1. The Balaban J connectivity index is 0.000000980. The van der Waals surface area contributed by atoms with Gasteiger partial charge in [0, 0.05) is 19.6 Å². The van der Waals surface area contributed by atoms with Crippen molar-refractivity contribution in [3.8, 4) is 0 Å². The van der Waals surface area contributed by atoms with Crippen LogP contribution in [-0.4, -0.2) is 51.3 Å². The van der Waals surface area contributed by atoms with Crippen LogP contribution < -0.4 is 5.73 Å².